The first-order valence-corrected chi connectivity index (χ1v) is 10.8. The number of hydrogen-bond donors (Lipinski definition) is 2. The second-order valence-corrected chi connectivity index (χ2v) is 9.51. The number of sulfonamides is 1. The Hall–Kier alpha value is -1.19. The van der Waals surface area contributed by atoms with E-state index in [9.17, 15) is 23.1 Å². The lowest BCUT2D eigenvalue weighted by Gasteiger charge is -2.33. The van der Waals surface area contributed by atoms with Gasteiger partial charge in [0.1, 0.15) is 0 Å². The van der Waals surface area contributed by atoms with Crippen molar-refractivity contribution in [2.24, 2.45) is 17.6 Å². The summed E-state index contributed by atoms with van der Waals surface area (Å²) in [5.41, 5.74) is 6.23. The van der Waals surface area contributed by atoms with E-state index in [2.05, 4.69) is 0 Å². The van der Waals surface area contributed by atoms with Gasteiger partial charge >= 0.3 is 5.97 Å². The predicted molar refractivity (Wildman–Crippen MR) is 91.1 cm³/mol. The van der Waals surface area contributed by atoms with Gasteiger partial charge < -0.3 is 15.7 Å². The summed E-state index contributed by atoms with van der Waals surface area (Å²) in [6.45, 7) is 0.288. The highest BCUT2D eigenvalue weighted by atomic mass is 32.2. The standard InChI is InChI=1S/C16H27N3O5S/c1-25(23,24)19-9-11(16(21)22)14-12(19)7-8-18(14)15(20)13(17)10-5-3-2-4-6-10/h10-14H,2-9,17H2,1H3,(H,21,22). The van der Waals surface area contributed by atoms with Crippen molar-refractivity contribution in [3.05, 3.63) is 0 Å². The van der Waals surface area contributed by atoms with Gasteiger partial charge in [0, 0.05) is 19.1 Å². The van der Waals surface area contributed by atoms with Gasteiger partial charge in [0.25, 0.3) is 0 Å². The number of fused-ring (bicyclic) bond motifs is 1. The Labute approximate surface area is 148 Å². The fourth-order valence-electron chi connectivity index (χ4n) is 4.78. The molecule has 0 spiro atoms. The topological polar surface area (TPSA) is 121 Å². The first-order valence-electron chi connectivity index (χ1n) is 8.97. The maximum atomic E-state index is 13.0. The molecule has 3 rings (SSSR count). The number of carbonyl (C=O) groups excluding carboxylic acids is 1. The number of nitrogens with two attached hydrogens (primary N) is 1. The monoisotopic (exact) mass is 373 g/mol. The Morgan fingerprint density at radius 1 is 1.16 bits per heavy atom. The van der Waals surface area contributed by atoms with Crippen LogP contribution < -0.4 is 5.73 Å². The van der Waals surface area contributed by atoms with Gasteiger partial charge in [0.05, 0.1) is 24.3 Å². The third kappa shape index (κ3) is 3.41. The van der Waals surface area contributed by atoms with Crippen molar-refractivity contribution >= 4 is 21.9 Å². The fraction of sp³-hybridized carbons (Fsp3) is 0.875. The third-order valence-electron chi connectivity index (χ3n) is 6.05. The van der Waals surface area contributed by atoms with E-state index in [0.29, 0.717) is 13.0 Å². The van der Waals surface area contributed by atoms with Crippen LogP contribution in [-0.4, -0.2) is 72.1 Å². The highest BCUT2D eigenvalue weighted by Crippen LogP contribution is 2.38. The zero-order valence-electron chi connectivity index (χ0n) is 14.5. The van der Waals surface area contributed by atoms with Crippen molar-refractivity contribution in [1.82, 2.24) is 9.21 Å². The summed E-state index contributed by atoms with van der Waals surface area (Å²) in [5.74, 6) is -2.05. The molecule has 2 saturated heterocycles. The normalized spacial score (nSPS) is 32.6. The highest BCUT2D eigenvalue weighted by molar-refractivity contribution is 7.88. The first-order chi connectivity index (χ1) is 11.7. The number of nitrogens with zero attached hydrogens (tertiary/aromatic N) is 2. The van der Waals surface area contributed by atoms with Crippen molar-refractivity contribution in [2.45, 2.75) is 56.7 Å². The van der Waals surface area contributed by atoms with Crippen LogP contribution in [0.25, 0.3) is 0 Å². The molecule has 1 amide bonds. The maximum absolute atomic E-state index is 13.0. The van der Waals surface area contributed by atoms with E-state index in [0.717, 1.165) is 38.4 Å². The Morgan fingerprint density at radius 3 is 2.36 bits per heavy atom. The van der Waals surface area contributed by atoms with Crippen LogP contribution in [0, 0.1) is 11.8 Å². The van der Waals surface area contributed by atoms with Crippen molar-refractivity contribution in [3.63, 3.8) is 0 Å². The van der Waals surface area contributed by atoms with Crippen molar-refractivity contribution in [1.29, 1.82) is 0 Å². The molecule has 0 aromatic heterocycles. The van der Waals surface area contributed by atoms with E-state index in [1.807, 2.05) is 0 Å². The summed E-state index contributed by atoms with van der Waals surface area (Å²) in [6, 6.07) is -1.70. The van der Waals surface area contributed by atoms with E-state index < -0.39 is 40.0 Å². The van der Waals surface area contributed by atoms with Gasteiger partial charge in [-0.15, -0.1) is 0 Å². The van der Waals surface area contributed by atoms with Crippen LogP contribution in [0.1, 0.15) is 38.5 Å². The lowest BCUT2D eigenvalue weighted by atomic mass is 9.83. The smallest absolute Gasteiger partial charge is 0.310 e. The quantitative estimate of drug-likeness (QED) is 0.706. The molecular formula is C16H27N3O5S. The molecule has 3 aliphatic rings. The molecule has 4 atom stereocenters. The van der Waals surface area contributed by atoms with Crippen LogP contribution in [0.5, 0.6) is 0 Å². The van der Waals surface area contributed by atoms with Crippen LogP contribution in [0.2, 0.25) is 0 Å². The first kappa shape index (κ1) is 18.6. The number of aliphatic carboxylic acids is 1. The van der Waals surface area contributed by atoms with E-state index in [1.54, 1.807) is 4.90 Å². The fourth-order valence-corrected chi connectivity index (χ4v) is 5.94. The number of carboxylic acids is 1. The largest absolute Gasteiger partial charge is 0.481 e. The summed E-state index contributed by atoms with van der Waals surface area (Å²) in [6.07, 6.45) is 6.70. The number of likely N-dealkylation sites (tertiary alicyclic amines) is 1. The Bertz CT molecular complexity index is 646. The summed E-state index contributed by atoms with van der Waals surface area (Å²) < 4.78 is 25.3. The Morgan fingerprint density at radius 2 is 1.80 bits per heavy atom. The van der Waals surface area contributed by atoms with E-state index in [4.69, 9.17) is 5.73 Å². The molecule has 3 N–H and O–H groups in total. The van der Waals surface area contributed by atoms with Gasteiger partial charge in [-0.05, 0) is 25.2 Å². The van der Waals surface area contributed by atoms with Gasteiger partial charge in [-0.3, -0.25) is 9.59 Å². The minimum Gasteiger partial charge on any atom is -0.481 e. The second kappa shape index (κ2) is 6.85. The number of rotatable bonds is 4. The molecule has 9 heteroatoms. The van der Waals surface area contributed by atoms with Gasteiger partial charge in [-0.2, -0.15) is 4.31 Å². The second-order valence-electron chi connectivity index (χ2n) is 7.58. The molecule has 8 nitrogen and oxygen atoms in total. The van der Waals surface area contributed by atoms with Gasteiger partial charge in [-0.25, -0.2) is 8.42 Å². The average Bonchev–Trinajstić information content (AvgIpc) is 3.13. The van der Waals surface area contributed by atoms with E-state index in [-0.39, 0.29) is 18.4 Å². The molecule has 0 aromatic carbocycles. The number of amides is 1. The predicted octanol–water partition coefficient (Wildman–Crippen LogP) is -0.160. The molecule has 4 unspecified atom stereocenters. The summed E-state index contributed by atoms with van der Waals surface area (Å²) in [7, 11) is -3.51. The maximum Gasteiger partial charge on any atom is 0.310 e. The molecule has 0 aromatic rings. The lowest BCUT2D eigenvalue weighted by molar-refractivity contribution is -0.145. The summed E-state index contributed by atoms with van der Waals surface area (Å²) in [4.78, 5) is 26.2. The number of carboxylic acid groups (broad SMARTS) is 1. The highest BCUT2D eigenvalue weighted by Gasteiger charge is 2.55. The van der Waals surface area contributed by atoms with Crippen molar-refractivity contribution in [2.75, 3.05) is 19.3 Å². The number of carbonyl (C=O) groups is 2. The van der Waals surface area contributed by atoms with Crippen LogP contribution >= 0.6 is 0 Å². The third-order valence-corrected chi connectivity index (χ3v) is 7.32. The van der Waals surface area contributed by atoms with Crippen LogP contribution in [0.3, 0.4) is 0 Å². The zero-order valence-corrected chi connectivity index (χ0v) is 15.3. The molecule has 3 fully saturated rings. The van der Waals surface area contributed by atoms with E-state index in [1.165, 1.54) is 4.31 Å². The Kier molecular flexibility index (Phi) is 5.09. The van der Waals surface area contributed by atoms with Crippen LogP contribution in [0.4, 0.5) is 0 Å². The van der Waals surface area contributed by atoms with Crippen molar-refractivity contribution < 1.29 is 23.1 Å². The number of hydrogen-bond acceptors (Lipinski definition) is 5. The summed E-state index contributed by atoms with van der Waals surface area (Å²) in [5, 5.41) is 9.54. The molecule has 2 heterocycles. The zero-order chi connectivity index (χ0) is 18.4. The molecule has 2 aliphatic heterocycles. The van der Waals surface area contributed by atoms with Gasteiger partial charge in [0.15, 0.2) is 0 Å². The SMILES string of the molecule is CS(=O)(=O)N1CC(C(=O)O)C2C1CCN2C(=O)C(N)C1CCCCC1. The summed E-state index contributed by atoms with van der Waals surface area (Å²) >= 11 is 0. The molecule has 0 radical (unpaired) electrons. The minimum atomic E-state index is -3.51. The molecular weight excluding hydrogens is 346 g/mol. The lowest BCUT2D eigenvalue weighted by Crippen LogP contribution is -2.53. The molecule has 142 valence electrons. The van der Waals surface area contributed by atoms with Gasteiger partial charge in [0.2, 0.25) is 15.9 Å². The molecule has 25 heavy (non-hydrogen) atoms. The minimum absolute atomic E-state index is 0.0774. The molecule has 1 aliphatic carbocycles. The van der Waals surface area contributed by atoms with Crippen LogP contribution in [-0.2, 0) is 19.6 Å². The average molecular weight is 373 g/mol. The van der Waals surface area contributed by atoms with Crippen LogP contribution in [0.15, 0.2) is 0 Å². The molecule has 0 bridgehead atoms. The van der Waals surface area contributed by atoms with Gasteiger partial charge in [-0.1, -0.05) is 19.3 Å². The molecule has 1 saturated carbocycles. The van der Waals surface area contributed by atoms with Crippen molar-refractivity contribution in [3.8, 4) is 0 Å². The Balaban J connectivity index is 1.81. The van der Waals surface area contributed by atoms with E-state index >= 15 is 0 Å².